The largest absolute Gasteiger partial charge is 0.325 e. The van der Waals surface area contributed by atoms with Crippen molar-refractivity contribution in [2.75, 3.05) is 21.7 Å². The van der Waals surface area contributed by atoms with Crippen molar-refractivity contribution >= 4 is 51.5 Å². The zero-order valence-electron chi connectivity index (χ0n) is 15.4. The molecule has 0 atom stereocenters. The molecule has 3 aromatic rings. The van der Waals surface area contributed by atoms with Crippen molar-refractivity contribution in [3.63, 3.8) is 0 Å². The zero-order chi connectivity index (χ0) is 19.9. The lowest BCUT2D eigenvalue weighted by molar-refractivity contribution is -0.113. The highest BCUT2D eigenvalue weighted by molar-refractivity contribution is 8.01. The van der Waals surface area contributed by atoms with E-state index in [1.165, 1.54) is 23.1 Å². The van der Waals surface area contributed by atoms with Gasteiger partial charge in [-0.3, -0.25) is 10.1 Å². The van der Waals surface area contributed by atoms with E-state index in [4.69, 9.17) is 0 Å². The molecule has 7 nitrogen and oxygen atoms in total. The Labute approximate surface area is 171 Å². The number of aromatic nitrogens is 2. The van der Waals surface area contributed by atoms with E-state index in [-0.39, 0.29) is 11.7 Å². The van der Waals surface area contributed by atoms with Crippen LogP contribution in [0, 0.1) is 13.8 Å². The molecule has 3 amide bonds. The van der Waals surface area contributed by atoms with Gasteiger partial charge in [0.25, 0.3) is 0 Å². The normalized spacial score (nSPS) is 10.4. The van der Waals surface area contributed by atoms with Gasteiger partial charge in [-0.05, 0) is 43.7 Å². The topological polar surface area (TPSA) is 96.0 Å². The molecule has 0 radical (unpaired) electrons. The van der Waals surface area contributed by atoms with E-state index in [1.54, 1.807) is 0 Å². The molecule has 0 unspecified atom stereocenters. The second-order valence-corrected chi connectivity index (χ2v) is 8.22. The van der Waals surface area contributed by atoms with Crippen LogP contribution in [0.3, 0.4) is 0 Å². The lowest BCUT2D eigenvalue weighted by Gasteiger charge is -2.05. The first-order chi connectivity index (χ1) is 13.5. The Morgan fingerprint density at radius 1 is 0.929 bits per heavy atom. The maximum Gasteiger partial charge on any atom is 0.325 e. The minimum atomic E-state index is -0.395. The molecule has 0 saturated carbocycles. The number of hydrogen-bond acceptors (Lipinski definition) is 6. The van der Waals surface area contributed by atoms with Crippen LogP contribution in [-0.4, -0.2) is 27.9 Å². The predicted molar refractivity (Wildman–Crippen MR) is 114 cm³/mol. The van der Waals surface area contributed by atoms with Crippen molar-refractivity contribution in [2.24, 2.45) is 0 Å². The molecule has 144 valence electrons. The highest BCUT2D eigenvalue weighted by Gasteiger charge is 2.11. The summed E-state index contributed by atoms with van der Waals surface area (Å²) in [5.41, 5.74) is 3.64. The van der Waals surface area contributed by atoms with Gasteiger partial charge < -0.3 is 10.6 Å². The predicted octanol–water partition coefficient (Wildman–Crippen LogP) is 4.53. The van der Waals surface area contributed by atoms with Crippen molar-refractivity contribution in [3.05, 3.63) is 59.7 Å². The second-order valence-electron chi connectivity index (χ2n) is 6.02. The molecular formula is C19H19N5O2S2. The van der Waals surface area contributed by atoms with Gasteiger partial charge in [-0.15, -0.1) is 10.2 Å². The molecule has 0 aliphatic rings. The smallest absolute Gasteiger partial charge is 0.325 e. The van der Waals surface area contributed by atoms with E-state index in [1.807, 2.05) is 62.4 Å². The summed E-state index contributed by atoms with van der Waals surface area (Å²) in [6, 6.07) is 14.7. The average Bonchev–Trinajstić information content (AvgIpc) is 3.09. The molecule has 0 bridgehead atoms. The summed E-state index contributed by atoms with van der Waals surface area (Å²) in [6.45, 7) is 3.95. The fourth-order valence-corrected chi connectivity index (χ4v) is 3.81. The molecule has 1 aromatic heterocycles. The lowest BCUT2D eigenvalue weighted by atomic mass is 10.2. The van der Waals surface area contributed by atoms with Crippen LogP contribution < -0.4 is 16.0 Å². The summed E-state index contributed by atoms with van der Waals surface area (Å²) in [4.78, 5) is 24.1. The molecule has 1 heterocycles. The molecule has 0 fully saturated rings. The summed E-state index contributed by atoms with van der Waals surface area (Å²) in [7, 11) is 0. The number of amides is 3. The van der Waals surface area contributed by atoms with Gasteiger partial charge in [-0.1, -0.05) is 52.9 Å². The average molecular weight is 414 g/mol. The Morgan fingerprint density at radius 2 is 1.71 bits per heavy atom. The van der Waals surface area contributed by atoms with E-state index in [0.29, 0.717) is 15.2 Å². The maximum absolute atomic E-state index is 12.1. The third kappa shape index (κ3) is 6.07. The van der Waals surface area contributed by atoms with Crippen LogP contribution in [-0.2, 0) is 4.79 Å². The lowest BCUT2D eigenvalue weighted by Crippen LogP contribution is -2.19. The molecular weight excluding hydrogens is 394 g/mol. The Hall–Kier alpha value is -2.91. The van der Waals surface area contributed by atoms with Crippen LogP contribution in [0.25, 0.3) is 0 Å². The highest BCUT2D eigenvalue weighted by Crippen LogP contribution is 2.25. The minimum Gasteiger partial charge on any atom is -0.325 e. The van der Waals surface area contributed by atoms with E-state index in [9.17, 15) is 9.59 Å². The van der Waals surface area contributed by atoms with E-state index < -0.39 is 6.03 Å². The van der Waals surface area contributed by atoms with Gasteiger partial charge in [0.15, 0.2) is 4.34 Å². The Kier molecular flexibility index (Phi) is 6.62. The molecule has 2 aromatic carbocycles. The van der Waals surface area contributed by atoms with Gasteiger partial charge in [0.2, 0.25) is 11.0 Å². The monoisotopic (exact) mass is 413 g/mol. The quantitative estimate of drug-likeness (QED) is 0.408. The number of rotatable bonds is 6. The van der Waals surface area contributed by atoms with E-state index in [0.717, 1.165) is 16.8 Å². The Balaban J connectivity index is 1.46. The summed E-state index contributed by atoms with van der Waals surface area (Å²) in [5, 5.41) is 16.5. The number of aryl methyl sites for hydroxylation is 2. The second kappa shape index (κ2) is 9.34. The van der Waals surface area contributed by atoms with Crippen LogP contribution in [0.4, 0.5) is 21.3 Å². The summed E-state index contributed by atoms with van der Waals surface area (Å²) < 4.78 is 0.602. The first kappa shape index (κ1) is 19.8. The number of benzene rings is 2. The number of anilines is 3. The SMILES string of the molecule is Cc1ccc(NC(=O)Nc2nnc(SCC(=O)Nc3cccc(C)c3)s2)cc1. The molecule has 0 aliphatic heterocycles. The van der Waals surface area contributed by atoms with Gasteiger partial charge in [0.05, 0.1) is 5.75 Å². The molecule has 0 spiro atoms. The third-order valence-corrected chi connectivity index (χ3v) is 5.54. The van der Waals surface area contributed by atoms with Crippen molar-refractivity contribution in [3.8, 4) is 0 Å². The van der Waals surface area contributed by atoms with Crippen LogP contribution >= 0.6 is 23.1 Å². The van der Waals surface area contributed by atoms with Gasteiger partial charge in [0.1, 0.15) is 0 Å². The molecule has 28 heavy (non-hydrogen) atoms. The first-order valence-corrected chi connectivity index (χ1v) is 10.3. The van der Waals surface area contributed by atoms with Gasteiger partial charge in [-0.2, -0.15) is 0 Å². The van der Waals surface area contributed by atoms with Crippen molar-refractivity contribution in [1.29, 1.82) is 0 Å². The zero-order valence-corrected chi connectivity index (χ0v) is 17.0. The van der Waals surface area contributed by atoms with Crippen molar-refractivity contribution in [2.45, 2.75) is 18.2 Å². The molecule has 3 rings (SSSR count). The van der Waals surface area contributed by atoms with E-state index in [2.05, 4.69) is 26.1 Å². The van der Waals surface area contributed by atoms with Crippen LogP contribution in [0.2, 0.25) is 0 Å². The van der Waals surface area contributed by atoms with Crippen molar-refractivity contribution in [1.82, 2.24) is 10.2 Å². The Bertz CT molecular complexity index is 972. The summed E-state index contributed by atoms with van der Waals surface area (Å²) in [5.74, 6) is 0.0791. The van der Waals surface area contributed by atoms with Crippen molar-refractivity contribution < 1.29 is 9.59 Å². The minimum absolute atomic E-state index is 0.127. The fraction of sp³-hybridized carbons (Fsp3) is 0.158. The molecule has 0 saturated heterocycles. The third-order valence-electron chi connectivity index (χ3n) is 3.56. The maximum atomic E-state index is 12.1. The summed E-state index contributed by atoms with van der Waals surface area (Å²) >= 11 is 2.48. The van der Waals surface area contributed by atoms with Crippen LogP contribution in [0.1, 0.15) is 11.1 Å². The number of hydrogen-bond donors (Lipinski definition) is 3. The number of carbonyl (C=O) groups excluding carboxylic acids is 2. The van der Waals surface area contributed by atoms with Gasteiger partial charge in [0, 0.05) is 11.4 Å². The summed E-state index contributed by atoms with van der Waals surface area (Å²) in [6.07, 6.45) is 0. The molecule has 3 N–H and O–H groups in total. The van der Waals surface area contributed by atoms with Gasteiger partial charge in [-0.25, -0.2) is 4.79 Å². The molecule has 9 heteroatoms. The number of carbonyl (C=O) groups is 2. The van der Waals surface area contributed by atoms with Crippen LogP contribution in [0.5, 0.6) is 0 Å². The number of thioether (sulfide) groups is 1. The van der Waals surface area contributed by atoms with Gasteiger partial charge >= 0.3 is 6.03 Å². The number of nitrogens with zero attached hydrogens (tertiary/aromatic N) is 2. The standard InChI is InChI=1S/C19H19N5O2S2/c1-12-6-8-14(9-7-12)21-17(26)22-18-23-24-19(28-18)27-11-16(25)20-15-5-3-4-13(2)10-15/h3-10H,11H2,1-2H3,(H,20,25)(H2,21,22,23,26). The number of urea groups is 1. The highest BCUT2D eigenvalue weighted by atomic mass is 32.2. The molecule has 0 aliphatic carbocycles. The fourth-order valence-electron chi connectivity index (χ4n) is 2.26. The van der Waals surface area contributed by atoms with Crippen LogP contribution in [0.15, 0.2) is 52.9 Å². The first-order valence-electron chi connectivity index (χ1n) is 8.45. The Morgan fingerprint density at radius 3 is 2.46 bits per heavy atom. The van der Waals surface area contributed by atoms with E-state index >= 15 is 0 Å². The number of nitrogens with one attached hydrogen (secondary N) is 3.